The van der Waals surface area contributed by atoms with E-state index in [1.165, 1.54) is 23.1 Å². The van der Waals surface area contributed by atoms with Gasteiger partial charge >= 0.3 is 0 Å². The Morgan fingerprint density at radius 1 is 1.06 bits per heavy atom. The minimum absolute atomic E-state index is 0.0520. The molecule has 0 aliphatic rings. The van der Waals surface area contributed by atoms with Crippen molar-refractivity contribution < 1.29 is 9.53 Å². The summed E-state index contributed by atoms with van der Waals surface area (Å²) < 4.78 is 5.17. The van der Waals surface area contributed by atoms with Crippen LogP contribution in [0.2, 0.25) is 0 Å². The van der Waals surface area contributed by atoms with Gasteiger partial charge in [0.2, 0.25) is 5.91 Å². The fourth-order valence-corrected chi connectivity index (χ4v) is 5.12. The van der Waals surface area contributed by atoms with Crippen LogP contribution in [0.1, 0.15) is 17.5 Å². The van der Waals surface area contributed by atoms with Gasteiger partial charge in [-0.25, -0.2) is 9.97 Å². The lowest BCUT2D eigenvalue weighted by Gasteiger charge is -2.12. The highest BCUT2D eigenvalue weighted by Crippen LogP contribution is 2.35. The molecular weight excluding hydrogens is 492 g/mol. The van der Waals surface area contributed by atoms with Crippen LogP contribution in [0.5, 0.6) is 5.75 Å². The summed E-state index contributed by atoms with van der Waals surface area (Å²) in [5.74, 6) is 0.968. The maximum Gasteiger partial charge on any atom is 0.226 e. The van der Waals surface area contributed by atoms with E-state index in [4.69, 9.17) is 10.5 Å². The summed E-state index contributed by atoms with van der Waals surface area (Å²) in [6.07, 6.45) is 0.176. The zero-order valence-electron chi connectivity index (χ0n) is 19.2. The largest absolute Gasteiger partial charge is 0.497 e. The highest BCUT2D eigenvalue weighted by atomic mass is 32.2. The molecule has 0 fully saturated rings. The van der Waals surface area contributed by atoms with E-state index < -0.39 is 0 Å². The second-order valence-electron chi connectivity index (χ2n) is 7.43. The van der Waals surface area contributed by atoms with Gasteiger partial charge in [0, 0.05) is 28.7 Å². The topological polar surface area (TPSA) is 138 Å². The lowest BCUT2D eigenvalue weighted by molar-refractivity contribution is -0.115. The number of nitriles is 2. The molecule has 2 heterocycles. The van der Waals surface area contributed by atoms with Crippen LogP contribution in [0.15, 0.2) is 65.0 Å². The van der Waals surface area contributed by atoms with Gasteiger partial charge in [-0.3, -0.25) is 4.79 Å². The predicted octanol–water partition coefficient (Wildman–Crippen LogP) is 5.33. The van der Waals surface area contributed by atoms with E-state index in [2.05, 4.69) is 27.4 Å². The van der Waals surface area contributed by atoms with Crippen molar-refractivity contribution in [2.45, 2.75) is 11.4 Å². The number of nitrogens with zero attached hydrogens (tertiary/aromatic N) is 4. The number of carbonyl (C=O) groups excluding carboxylic acids is 1. The molecule has 1 amide bonds. The Morgan fingerprint density at radius 2 is 1.78 bits per heavy atom. The molecule has 0 bridgehead atoms. The zero-order chi connectivity index (χ0) is 25.5. The maximum atomic E-state index is 12.5. The van der Waals surface area contributed by atoms with Crippen molar-refractivity contribution in [2.75, 3.05) is 23.9 Å². The van der Waals surface area contributed by atoms with Crippen molar-refractivity contribution in [1.82, 2.24) is 9.97 Å². The van der Waals surface area contributed by atoms with Gasteiger partial charge in [-0.15, -0.1) is 23.1 Å². The van der Waals surface area contributed by atoms with Gasteiger partial charge in [-0.1, -0.05) is 30.3 Å². The first-order valence-corrected chi connectivity index (χ1v) is 12.6. The number of hydrogen-bond donors (Lipinski definition) is 2. The van der Waals surface area contributed by atoms with E-state index in [0.29, 0.717) is 27.0 Å². The van der Waals surface area contributed by atoms with E-state index in [0.717, 1.165) is 17.0 Å². The third kappa shape index (κ3) is 5.47. The van der Waals surface area contributed by atoms with Gasteiger partial charge in [0.05, 0.1) is 18.4 Å². The monoisotopic (exact) mass is 512 g/mol. The van der Waals surface area contributed by atoms with Crippen molar-refractivity contribution in [2.24, 2.45) is 0 Å². The number of carbonyl (C=O) groups is 1. The lowest BCUT2D eigenvalue weighted by Crippen LogP contribution is -2.12. The molecule has 3 N–H and O–H groups in total. The average molecular weight is 513 g/mol. The van der Waals surface area contributed by atoms with Crippen LogP contribution in [0.3, 0.4) is 0 Å². The Balaban J connectivity index is 1.43. The number of methoxy groups -OCH3 is 1. The average Bonchev–Trinajstić information content (AvgIpc) is 3.37. The molecule has 10 heteroatoms. The Labute approximate surface area is 216 Å². The first-order chi connectivity index (χ1) is 17.5. The summed E-state index contributed by atoms with van der Waals surface area (Å²) in [5, 5.41) is 25.0. The van der Waals surface area contributed by atoms with E-state index in [9.17, 15) is 15.3 Å². The summed E-state index contributed by atoms with van der Waals surface area (Å²) in [6, 6.07) is 20.9. The molecule has 4 rings (SSSR count). The molecule has 0 aliphatic carbocycles. The fourth-order valence-electron chi connectivity index (χ4n) is 3.44. The molecule has 0 atom stereocenters. The molecule has 0 aliphatic heterocycles. The Morgan fingerprint density at radius 3 is 2.44 bits per heavy atom. The number of benzene rings is 2. The third-order valence-electron chi connectivity index (χ3n) is 5.18. The van der Waals surface area contributed by atoms with Crippen LogP contribution < -0.4 is 15.8 Å². The van der Waals surface area contributed by atoms with Gasteiger partial charge in [-0.2, -0.15) is 10.5 Å². The van der Waals surface area contributed by atoms with E-state index in [1.54, 1.807) is 7.11 Å². The number of anilines is 2. The zero-order valence-corrected chi connectivity index (χ0v) is 20.8. The van der Waals surface area contributed by atoms with E-state index >= 15 is 0 Å². The van der Waals surface area contributed by atoms with Crippen molar-refractivity contribution in [3.8, 4) is 40.3 Å². The standard InChI is InChI=1S/C26H20N6O2S2/c1-34-18-9-7-16(8-10-18)21-15-36-26(30-21)31-22(33)11-12-35-25-20(14-28)23(17-5-3-2-4-6-17)19(13-27)24(29)32-25/h2-10,15H,11-12H2,1H3,(H2,29,32)(H,30,31,33). The SMILES string of the molecule is COc1ccc(-c2csc(NC(=O)CCSc3nc(N)c(C#N)c(-c4ccccc4)c3C#N)n2)cc1. The number of nitrogen functional groups attached to an aromatic ring is 1. The molecule has 0 saturated carbocycles. The first kappa shape index (κ1) is 24.7. The first-order valence-electron chi connectivity index (χ1n) is 10.8. The summed E-state index contributed by atoms with van der Waals surface area (Å²) in [5.41, 5.74) is 9.31. The van der Waals surface area contributed by atoms with Gasteiger partial charge in [-0.05, 0) is 29.8 Å². The number of rotatable bonds is 8. The van der Waals surface area contributed by atoms with Gasteiger partial charge in [0.15, 0.2) is 5.13 Å². The lowest BCUT2D eigenvalue weighted by atomic mass is 9.97. The molecule has 0 unspecified atom stereocenters. The quantitative estimate of drug-likeness (QED) is 0.302. The summed E-state index contributed by atoms with van der Waals surface area (Å²) in [6.45, 7) is 0. The van der Waals surface area contributed by atoms with Crippen molar-refractivity contribution >= 4 is 40.0 Å². The summed E-state index contributed by atoms with van der Waals surface area (Å²) in [7, 11) is 1.61. The van der Waals surface area contributed by atoms with Crippen LogP contribution in [-0.4, -0.2) is 28.7 Å². The molecule has 8 nitrogen and oxygen atoms in total. The molecule has 4 aromatic rings. The van der Waals surface area contributed by atoms with Gasteiger partial charge in [0.1, 0.15) is 34.3 Å². The van der Waals surface area contributed by atoms with Crippen molar-refractivity contribution in [3.05, 3.63) is 71.1 Å². The number of pyridine rings is 1. The van der Waals surface area contributed by atoms with Crippen LogP contribution >= 0.6 is 23.1 Å². The highest BCUT2D eigenvalue weighted by molar-refractivity contribution is 7.99. The van der Waals surface area contributed by atoms with Gasteiger partial charge in [0.25, 0.3) is 0 Å². The maximum absolute atomic E-state index is 12.5. The molecule has 2 aromatic heterocycles. The smallest absolute Gasteiger partial charge is 0.226 e. The second-order valence-corrected chi connectivity index (χ2v) is 9.37. The number of ether oxygens (including phenoxy) is 1. The summed E-state index contributed by atoms with van der Waals surface area (Å²) >= 11 is 2.59. The third-order valence-corrected chi connectivity index (χ3v) is 6.92. The van der Waals surface area contributed by atoms with Crippen LogP contribution in [-0.2, 0) is 4.79 Å². The van der Waals surface area contributed by atoms with Gasteiger partial charge < -0.3 is 15.8 Å². The van der Waals surface area contributed by atoms with Crippen LogP contribution in [0, 0.1) is 22.7 Å². The Kier molecular flexibility index (Phi) is 7.81. The molecule has 0 spiro atoms. The van der Waals surface area contributed by atoms with Crippen molar-refractivity contribution in [1.29, 1.82) is 10.5 Å². The normalized spacial score (nSPS) is 10.3. The summed E-state index contributed by atoms with van der Waals surface area (Å²) in [4.78, 5) is 21.3. The fraction of sp³-hybridized carbons (Fsp3) is 0.115. The Bertz CT molecular complexity index is 1470. The Hall–Kier alpha value is -4.38. The highest BCUT2D eigenvalue weighted by Gasteiger charge is 2.20. The second kappa shape index (κ2) is 11.4. The number of nitrogens with one attached hydrogen (secondary N) is 1. The molecule has 0 saturated heterocycles. The number of aromatic nitrogens is 2. The molecule has 0 radical (unpaired) electrons. The number of thioether (sulfide) groups is 1. The van der Waals surface area contributed by atoms with E-state index in [1.807, 2.05) is 60.0 Å². The molecular formula is C26H20N6O2S2. The van der Waals surface area contributed by atoms with E-state index in [-0.39, 0.29) is 29.3 Å². The van der Waals surface area contributed by atoms with Crippen LogP contribution in [0.25, 0.3) is 22.4 Å². The van der Waals surface area contributed by atoms with Crippen LogP contribution in [0.4, 0.5) is 10.9 Å². The molecule has 36 heavy (non-hydrogen) atoms. The minimum Gasteiger partial charge on any atom is -0.497 e. The number of hydrogen-bond acceptors (Lipinski definition) is 9. The molecule has 178 valence electrons. The number of thiazole rings is 1. The molecule has 2 aromatic carbocycles. The predicted molar refractivity (Wildman–Crippen MR) is 142 cm³/mol. The van der Waals surface area contributed by atoms with Crippen molar-refractivity contribution in [3.63, 3.8) is 0 Å². The number of amides is 1. The number of nitrogens with two attached hydrogens (primary N) is 1. The minimum atomic E-state index is -0.207.